The number of rotatable bonds is 12. The molecule has 5 aromatic carbocycles. The molecule has 3 spiro atoms. The first-order valence-corrected chi connectivity index (χ1v) is 38.1. The molecule has 9 aliphatic rings. The summed E-state index contributed by atoms with van der Waals surface area (Å²) in [5.41, 5.74) is 6.81. The predicted octanol–water partition coefficient (Wildman–Crippen LogP) is 9.50. The van der Waals surface area contributed by atoms with Crippen LogP contribution in [0.4, 0.5) is 25.8 Å². The molecule has 0 bridgehead atoms. The van der Waals surface area contributed by atoms with Crippen molar-refractivity contribution in [1.82, 2.24) is 29.4 Å². The monoisotopic (exact) mass is 1510 g/mol. The number of Topliss-reactive ketones (excluding diaryl/α,β-unsaturated/α-hetero) is 2. The minimum Gasteiger partial charge on any atom is -0.330 e. The number of anilines is 3. The van der Waals surface area contributed by atoms with Crippen LogP contribution in [0.3, 0.4) is 0 Å². The van der Waals surface area contributed by atoms with Gasteiger partial charge in [-0.3, -0.25) is 52.7 Å². The van der Waals surface area contributed by atoms with Crippen molar-refractivity contribution in [3.63, 3.8) is 0 Å². The first-order valence-electron chi connectivity index (χ1n) is 38.1. The van der Waals surface area contributed by atoms with Crippen LogP contribution in [0.15, 0.2) is 121 Å². The normalized spacial score (nSPS) is 25.6. The Balaban J connectivity index is 0.000000156. The molecule has 0 aliphatic carbocycles. The van der Waals surface area contributed by atoms with E-state index in [1.54, 1.807) is 14.7 Å². The molecule has 9 heterocycles. The highest BCUT2D eigenvalue weighted by molar-refractivity contribution is 6.10. The molecule has 9 aliphatic heterocycles. The van der Waals surface area contributed by atoms with Crippen LogP contribution in [0.25, 0.3) is 0 Å². The number of carbonyl (C=O) groups is 11. The number of carbonyl (C=O) groups excluding carboxylic acids is 11. The Hall–Kier alpha value is -11.0. The van der Waals surface area contributed by atoms with Gasteiger partial charge in [-0.15, -0.1) is 0 Å². The summed E-state index contributed by atoms with van der Waals surface area (Å²) in [4.78, 5) is 157. The number of nitriles is 3. The highest BCUT2D eigenvalue weighted by Gasteiger charge is 2.61. The Morgan fingerprint density at radius 2 is 0.712 bits per heavy atom. The summed E-state index contributed by atoms with van der Waals surface area (Å²) in [7, 11) is 0. The average Bonchev–Trinajstić information content (AvgIpc) is 1.73. The molecule has 26 heteroatoms. The predicted molar refractivity (Wildman–Crippen MR) is 406 cm³/mol. The number of hydrogen-bond acceptors (Lipinski definition) is 15. The van der Waals surface area contributed by atoms with Crippen molar-refractivity contribution in [3.8, 4) is 18.2 Å². The molecular weight excluding hydrogens is 1420 g/mol. The van der Waals surface area contributed by atoms with E-state index in [9.17, 15) is 77.3 Å². The van der Waals surface area contributed by atoms with Gasteiger partial charge in [0.1, 0.15) is 47.9 Å². The van der Waals surface area contributed by atoms with Crippen molar-refractivity contribution in [2.45, 2.75) is 191 Å². The Morgan fingerprint density at radius 3 is 0.982 bits per heavy atom. The molecule has 5 N–H and O–H groups in total. The van der Waals surface area contributed by atoms with Crippen molar-refractivity contribution in [2.24, 2.45) is 33.8 Å². The zero-order valence-corrected chi connectivity index (χ0v) is 64.1. The van der Waals surface area contributed by atoms with E-state index in [0.29, 0.717) is 80.7 Å². The van der Waals surface area contributed by atoms with Gasteiger partial charge >= 0.3 is 0 Å². The minimum atomic E-state index is -1.00. The summed E-state index contributed by atoms with van der Waals surface area (Å²) in [6.45, 7) is 18.5. The summed E-state index contributed by atoms with van der Waals surface area (Å²) in [5.74, 6) is -5.26. The van der Waals surface area contributed by atoms with E-state index < -0.39 is 98.3 Å². The quantitative estimate of drug-likeness (QED) is 0.0845. The first kappa shape index (κ1) is 79.5. The molecule has 24 nitrogen and oxygen atoms in total. The molecule has 580 valence electrons. The van der Waals surface area contributed by atoms with E-state index in [2.05, 4.69) is 34.2 Å². The third-order valence-corrected chi connectivity index (χ3v) is 24.2. The van der Waals surface area contributed by atoms with E-state index in [0.717, 1.165) is 22.4 Å². The van der Waals surface area contributed by atoms with Crippen molar-refractivity contribution >= 4 is 81.8 Å². The zero-order valence-electron chi connectivity index (χ0n) is 64.1. The second-order valence-electron chi connectivity index (χ2n) is 34.2. The maximum atomic E-state index is 14.0. The van der Waals surface area contributed by atoms with Gasteiger partial charge in [0, 0.05) is 99.6 Å². The number of hydrogen-bond donors (Lipinski definition) is 4. The van der Waals surface area contributed by atoms with Crippen molar-refractivity contribution < 1.29 is 61.5 Å². The van der Waals surface area contributed by atoms with Gasteiger partial charge < -0.3 is 51.1 Å². The number of fused-ring (bicyclic) bond motifs is 6. The van der Waals surface area contributed by atoms with Crippen molar-refractivity contribution in [2.75, 3.05) is 55.2 Å². The van der Waals surface area contributed by atoms with Crippen LogP contribution in [0.5, 0.6) is 0 Å². The molecule has 6 saturated heterocycles. The summed E-state index contributed by atoms with van der Waals surface area (Å²) in [6.07, 6.45) is 3.84. The summed E-state index contributed by atoms with van der Waals surface area (Å²) < 4.78 is 26.8. The maximum Gasteiger partial charge on any atom is 0.246 e. The van der Waals surface area contributed by atoms with Crippen LogP contribution in [0.2, 0.25) is 0 Å². The van der Waals surface area contributed by atoms with Gasteiger partial charge in [-0.1, -0.05) is 117 Å². The Labute approximate surface area is 645 Å². The number of nitrogens with one attached hydrogen (secondary N) is 3. The molecule has 12 atom stereocenters. The van der Waals surface area contributed by atoms with Gasteiger partial charge in [0.2, 0.25) is 53.2 Å². The molecule has 5 aromatic rings. The topological polar surface area (TPSA) is 341 Å². The number of likely N-dealkylation sites (tertiary alicyclic amines) is 6. The van der Waals surface area contributed by atoms with Gasteiger partial charge in [0.25, 0.3) is 0 Å². The maximum absolute atomic E-state index is 14.0. The highest BCUT2D eigenvalue weighted by Crippen LogP contribution is 2.51. The average molecular weight is 1510 g/mol. The Morgan fingerprint density at radius 1 is 0.432 bits per heavy atom. The number of nitrogens with zero attached hydrogens (tertiary/aromatic N) is 9. The molecule has 14 rings (SSSR count). The lowest BCUT2D eigenvalue weighted by Gasteiger charge is -2.36. The van der Waals surface area contributed by atoms with E-state index in [-0.39, 0.29) is 116 Å². The van der Waals surface area contributed by atoms with Crippen molar-refractivity contribution in [1.29, 1.82) is 15.8 Å². The van der Waals surface area contributed by atoms with Crippen LogP contribution < -0.4 is 21.7 Å². The number of ketones is 2. The third-order valence-electron chi connectivity index (χ3n) is 24.2. The SMILES string of the molecule is CC(C)(C)C(CC(=O)c1ccc(F)cc1)C(=O)N1CCC[C@H]1C(=O)N1C[C@]2(C[C@H]1C#N)C(=O)Nc1ccccc12.CC(C)(C)C(CC(=O)c1ccc(F)cc1)C(=O)N1CCC[C@H]1C(=O)N1C[C@]2(C[C@H]1C#N)C(=O)Nc1ccccc12.CC(C)(C)C(N)C(=O)N1CCC[C@H]1C(=O)N1C[C@]2(C[C@H]1C#N)C(=O)Nc1ccccc12. The van der Waals surface area contributed by atoms with Crippen LogP contribution in [-0.4, -0.2) is 176 Å². The fraction of sp³-hybridized carbons (Fsp3) is 0.482. The third kappa shape index (κ3) is 14.9. The highest BCUT2D eigenvalue weighted by atomic mass is 19.1. The van der Waals surface area contributed by atoms with Gasteiger partial charge in [0.15, 0.2) is 11.6 Å². The number of amides is 9. The van der Waals surface area contributed by atoms with E-state index in [4.69, 9.17) is 5.73 Å². The summed E-state index contributed by atoms with van der Waals surface area (Å²) >= 11 is 0. The number of halogens is 2. The van der Waals surface area contributed by atoms with Crippen LogP contribution >= 0.6 is 0 Å². The standard InChI is InChI=1S/2C31H33FN4O4.C23H29N5O3/c2*1-30(2,3)23(15-26(37)19-10-12-20(32)13-11-19)27(38)35-14-6-9-25(35)28(39)36-18-31(16-21(36)17-33)22-7-4-5-8-24(22)34-29(31)40;1-22(2,3)18(25)20(30)27-10-6-9-17(27)19(29)28-13-23(11-14(28)12-24)15-7-4-5-8-16(15)26-21(23)31/h2*4-5,7-8,10-13,21,23,25H,6,9,14-16,18H2,1-3H3,(H,34,40);4-5,7-8,14,17-18H,6,9-11,13,25H2,1-3H3,(H,26,31)/t2*21-,23?,25-,31-;14-,17-,18?,23-/m000/s1. The fourth-order valence-corrected chi connectivity index (χ4v) is 17.7. The molecule has 9 amide bonds. The van der Waals surface area contributed by atoms with Crippen LogP contribution in [-0.2, 0) is 59.4 Å². The van der Waals surface area contributed by atoms with E-state index >= 15 is 0 Å². The lowest BCUT2D eigenvalue weighted by molar-refractivity contribution is -0.148. The van der Waals surface area contributed by atoms with Crippen LogP contribution in [0, 0.1) is 73.7 Å². The second-order valence-corrected chi connectivity index (χ2v) is 34.2. The lowest BCUT2D eigenvalue weighted by Crippen LogP contribution is -2.56. The van der Waals surface area contributed by atoms with Gasteiger partial charge in [0.05, 0.1) is 52.3 Å². The van der Waals surface area contributed by atoms with Gasteiger partial charge in [-0.05, 0) is 138 Å². The molecule has 0 radical (unpaired) electrons. The molecule has 3 unspecified atom stereocenters. The molecule has 6 fully saturated rings. The van der Waals surface area contributed by atoms with E-state index in [1.165, 1.54) is 63.2 Å². The Bertz CT molecular complexity index is 4510. The number of para-hydroxylation sites is 3. The molecular formula is C85H95F2N13O11. The number of nitrogens with two attached hydrogens (primary N) is 1. The van der Waals surface area contributed by atoms with Crippen LogP contribution in [0.1, 0.15) is 170 Å². The summed E-state index contributed by atoms with van der Waals surface area (Å²) in [5, 5.41) is 38.4. The Kier molecular flexibility index (Phi) is 22.0. The largest absolute Gasteiger partial charge is 0.330 e. The summed E-state index contributed by atoms with van der Waals surface area (Å²) in [6, 6.07) is 34.0. The first-order chi connectivity index (χ1) is 52.5. The smallest absolute Gasteiger partial charge is 0.246 e. The zero-order chi connectivity index (χ0) is 80.2. The van der Waals surface area contributed by atoms with Gasteiger partial charge in [-0.25, -0.2) is 8.78 Å². The minimum absolute atomic E-state index is 0.0667. The molecule has 0 saturated carbocycles. The lowest BCUT2D eigenvalue weighted by atomic mass is 9.76. The number of benzene rings is 5. The molecule has 111 heavy (non-hydrogen) atoms. The van der Waals surface area contributed by atoms with E-state index in [1.807, 2.05) is 135 Å². The second kappa shape index (κ2) is 30.7. The fourth-order valence-electron chi connectivity index (χ4n) is 17.7. The molecule has 0 aromatic heterocycles. The van der Waals surface area contributed by atoms with Crippen molar-refractivity contribution in [3.05, 3.63) is 161 Å². The van der Waals surface area contributed by atoms with Gasteiger partial charge in [-0.2, -0.15) is 15.8 Å².